The van der Waals surface area contributed by atoms with Crippen LogP contribution in [0.15, 0.2) is 17.5 Å². The number of anilines is 1. The lowest BCUT2D eigenvalue weighted by atomic mass is 10.0. The Kier molecular flexibility index (Phi) is 4.65. The molecule has 5 heterocycles. The number of hydrogen-bond acceptors (Lipinski definition) is 8. The number of nitrogens with one attached hydrogen (secondary N) is 2. The number of nitrogens with zero attached hydrogens (tertiary/aromatic N) is 6. The molecule has 0 aromatic carbocycles. The summed E-state index contributed by atoms with van der Waals surface area (Å²) in [4.78, 5) is 20.1. The summed E-state index contributed by atoms with van der Waals surface area (Å²) in [6.07, 6.45) is -1.01. The first-order valence-electron chi connectivity index (χ1n) is 9.25. The van der Waals surface area contributed by atoms with Crippen LogP contribution in [0.1, 0.15) is 27.2 Å². The van der Waals surface area contributed by atoms with Crippen molar-refractivity contribution in [3.8, 4) is 5.75 Å². The van der Waals surface area contributed by atoms with E-state index in [-0.39, 0.29) is 30.3 Å². The van der Waals surface area contributed by atoms with Crippen LogP contribution in [0.25, 0.3) is 0 Å². The lowest BCUT2D eigenvalue weighted by molar-refractivity contribution is -0.275. The molecular formula is C17H14F4N8O2S. The highest BCUT2D eigenvalue weighted by atomic mass is 32.1. The Morgan fingerprint density at radius 1 is 1.22 bits per heavy atom. The van der Waals surface area contributed by atoms with Crippen molar-refractivity contribution in [2.75, 3.05) is 11.9 Å². The summed E-state index contributed by atoms with van der Waals surface area (Å²) in [7, 11) is 1.70. The Bertz CT molecular complexity index is 1200. The predicted octanol–water partition coefficient (Wildman–Crippen LogP) is 2.15. The minimum Gasteiger partial charge on any atom is -0.402 e. The highest BCUT2D eigenvalue weighted by molar-refractivity contribution is 7.12. The summed E-state index contributed by atoms with van der Waals surface area (Å²) < 4.78 is 55.3. The van der Waals surface area contributed by atoms with Gasteiger partial charge in [-0.05, 0) is 0 Å². The molecule has 3 aromatic rings. The van der Waals surface area contributed by atoms with Crippen molar-refractivity contribution in [1.29, 1.82) is 0 Å². The normalized spacial score (nSPS) is 20.1. The van der Waals surface area contributed by atoms with E-state index in [1.165, 1.54) is 11.3 Å². The number of rotatable bonds is 5. The zero-order valence-corrected chi connectivity index (χ0v) is 17.0. The van der Waals surface area contributed by atoms with Gasteiger partial charge in [0, 0.05) is 19.7 Å². The van der Waals surface area contributed by atoms with Gasteiger partial charge in [-0.15, -0.1) is 24.5 Å². The number of carbonyl (C=O) groups is 1. The first-order chi connectivity index (χ1) is 15.2. The van der Waals surface area contributed by atoms with Crippen molar-refractivity contribution in [1.82, 2.24) is 30.4 Å². The number of hydrazone groups is 1. The van der Waals surface area contributed by atoms with Crippen molar-refractivity contribution in [2.24, 2.45) is 5.10 Å². The first kappa shape index (κ1) is 20.4. The fourth-order valence-electron chi connectivity index (χ4n) is 3.73. The average Bonchev–Trinajstić information content (AvgIpc) is 3.47. The molecule has 0 fully saturated rings. The number of thiazole rings is 1. The minimum absolute atomic E-state index is 0.108. The second-order valence-corrected chi connectivity index (χ2v) is 8.25. The summed E-state index contributed by atoms with van der Waals surface area (Å²) in [5.41, 5.74) is 0.134. The van der Waals surface area contributed by atoms with E-state index in [1.807, 2.05) is 0 Å². The topological polar surface area (TPSA) is 115 Å². The molecule has 2 unspecified atom stereocenters. The molecular weight excluding hydrogens is 456 g/mol. The van der Waals surface area contributed by atoms with Gasteiger partial charge in [0.15, 0.2) is 11.6 Å². The van der Waals surface area contributed by atoms with Crippen molar-refractivity contribution in [2.45, 2.75) is 31.3 Å². The van der Waals surface area contributed by atoms with Gasteiger partial charge in [0.2, 0.25) is 0 Å². The average molecular weight is 470 g/mol. The zero-order valence-electron chi connectivity index (χ0n) is 16.2. The third kappa shape index (κ3) is 3.47. The fraction of sp³-hybridized carbons (Fsp3) is 0.353. The van der Waals surface area contributed by atoms with Crippen LogP contribution in [-0.2, 0) is 17.8 Å². The Labute approximate surface area is 180 Å². The van der Waals surface area contributed by atoms with Gasteiger partial charge in [-0.3, -0.25) is 15.0 Å². The Morgan fingerprint density at radius 3 is 2.69 bits per heavy atom. The van der Waals surface area contributed by atoms with Crippen LogP contribution in [0.4, 0.5) is 23.4 Å². The maximum atomic E-state index is 13.7. The van der Waals surface area contributed by atoms with E-state index in [9.17, 15) is 22.4 Å². The van der Waals surface area contributed by atoms with Gasteiger partial charge in [-0.25, -0.2) is 14.4 Å². The number of carbonyl (C=O) groups excluding carboxylic acids is 1. The zero-order chi connectivity index (χ0) is 22.6. The molecule has 10 nitrogen and oxygen atoms in total. The van der Waals surface area contributed by atoms with Crippen LogP contribution in [0.3, 0.4) is 0 Å². The van der Waals surface area contributed by atoms with Crippen LogP contribution in [0.5, 0.6) is 5.75 Å². The van der Waals surface area contributed by atoms with Crippen molar-refractivity contribution in [3.63, 3.8) is 0 Å². The SMILES string of the molecule is CN1c2nc(Cc3n[nH]cc3F)sc2C2C=NN(Cc3n[nH]cc3OC(F)(F)F)C(=O)C21. The van der Waals surface area contributed by atoms with E-state index in [2.05, 4.69) is 35.2 Å². The highest BCUT2D eigenvalue weighted by Gasteiger charge is 2.47. The van der Waals surface area contributed by atoms with Crippen molar-refractivity contribution in [3.05, 3.63) is 39.5 Å². The number of H-pyrrole nitrogens is 2. The maximum Gasteiger partial charge on any atom is 0.573 e. The van der Waals surface area contributed by atoms with E-state index in [0.717, 1.165) is 22.3 Å². The molecule has 0 spiro atoms. The van der Waals surface area contributed by atoms with E-state index >= 15 is 0 Å². The summed E-state index contributed by atoms with van der Waals surface area (Å²) in [5, 5.41) is 18.2. The molecule has 2 aliphatic rings. The van der Waals surface area contributed by atoms with Gasteiger partial charge in [0.25, 0.3) is 5.91 Å². The Hall–Kier alpha value is -3.49. The molecule has 2 N–H and O–H groups in total. The molecule has 0 saturated carbocycles. The molecule has 32 heavy (non-hydrogen) atoms. The van der Waals surface area contributed by atoms with Gasteiger partial charge in [0.05, 0.1) is 29.7 Å². The largest absolute Gasteiger partial charge is 0.573 e. The molecule has 5 rings (SSSR count). The quantitative estimate of drug-likeness (QED) is 0.553. The second kappa shape index (κ2) is 7.29. The minimum atomic E-state index is -4.89. The molecule has 2 atom stereocenters. The maximum absolute atomic E-state index is 13.7. The van der Waals surface area contributed by atoms with Crippen LogP contribution >= 0.6 is 11.3 Å². The summed E-state index contributed by atoms with van der Waals surface area (Å²) in [6, 6.07) is -0.650. The number of aromatic amines is 2. The first-order valence-corrected chi connectivity index (χ1v) is 10.1. The molecule has 0 bridgehead atoms. The molecule has 2 aliphatic heterocycles. The molecule has 0 aliphatic carbocycles. The number of ether oxygens (including phenoxy) is 1. The number of likely N-dealkylation sites (N-methyl/N-ethyl adjacent to an activating group) is 1. The number of fused-ring (bicyclic) bond motifs is 3. The van der Waals surface area contributed by atoms with Crippen LogP contribution in [0.2, 0.25) is 0 Å². The standard InChI is InChI=1S/C17H14F4N8O2S/c1-28-13-7(14-15(28)25-12(32-14)2-9-8(18)4-22-26-9)3-24-29(16(13)30)6-10-11(5-23-27-10)31-17(19,20)21/h3-5,7,13H,2,6H2,1H3,(H,22,26)(H,23,27). The van der Waals surface area contributed by atoms with Crippen LogP contribution in [-0.4, -0.2) is 62.0 Å². The number of aromatic nitrogens is 5. The molecule has 1 amide bonds. The Morgan fingerprint density at radius 2 is 1.97 bits per heavy atom. The summed E-state index contributed by atoms with van der Waals surface area (Å²) >= 11 is 1.34. The number of amides is 1. The van der Waals surface area contributed by atoms with E-state index in [0.29, 0.717) is 10.8 Å². The van der Waals surface area contributed by atoms with E-state index in [1.54, 1.807) is 18.2 Å². The van der Waals surface area contributed by atoms with Crippen molar-refractivity contribution >= 4 is 29.3 Å². The lowest BCUT2D eigenvalue weighted by Gasteiger charge is -2.31. The summed E-state index contributed by atoms with van der Waals surface area (Å²) in [5.74, 6) is -1.19. The number of halogens is 4. The molecule has 15 heteroatoms. The van der Waals surface area contributed by atoms with E-state index in [4.69, 9.17) is 0 Å². The fourth-order valence-corrected chi connectivity index (χ4v) is 4.93. The van der Waals surface area contributed by atoms with Crippen molar-refractivity contribution < 1.29 is 27.1 Å². The highest BCUT2D eigenvalue weighted by Crippen LogP contribution is 2.45. The third-order valence-corrected chi connectivity index (χ3v) is 6.28. The lowest BCUT2D eigenvalue weighted by Crippen LogP contribution is -2.49. The van der Waals surface area contributed by atoms with E-state index < -0.39 is 29.9 Å². The predicted molar refractivity (Wildman–Crippen MR) is 103 cm³/mol. The van der Waals surface area contributed by atoms with Gasteiger partial charge >= 0.3 is 6.36 Å². The Balaban J connectivity index is 1.36. The number of alkyl halides is 3. The van der Waals surface area contributed by atoms with Crippen LogP contribution < -0.4 is 9.64 Å². The molecule has 0 saturated heterocycles. The number of hydrogen-bond donors (Lipinski definition) is 2. The summed E-state index contributed by atoms with van der Waals surface area (Å²) in [6.45, 7) is -0.300. The van der Waals surface area contributed by atoms with Gasteiger partial charge < -0.3 is 9.64 Å². The van der Waals surface area contributed by atoms with Gasteiger partial charge in [-0.1, -0.05) is 0 Å². The van der Waals surface area contributed by atoms with Gasteiger partial charge in [-0.2, -0.15) is 15.3 Å². The third-order valence-electron chi connectivity index (χ3n) is 5.14. The monoisotopic (exact) mass is 470 g/mol. The molecule has 168 valence electrons. The smallest absolute Gasteiger partial charge is 0.402 e. The van der Waals surface area contributed by atoms with Crippen LogP contribution in [0, 0.1) is 5.82 Å². The molecule has 3 aromatic heterocycles. The van der Waals surface area contributed by atoms with Gasteiger partial charge in [0.1, 0.15) is 28.3 Å². The second-order valence-electron chi connectivity index (χ2n) is 7.14. The molecule has 0 radical (unpaired) electrons.